The van der Waals surface area contributed by atoms with E-state index in [0.717, 1.165) is 31.6 Å². The first-order valence-electron chi connectivity index (χ1n) is 6.48. The van der Waals surface area contributed by atoms with Gasteiger partial charge in [-0.25, -0.2) is 18.1 Å². The molecule has 0 atom stereocenters. The van der Waals surface area contributed by atoms with Crippen LogP contribution in [0.5, 0.6) is 0 Å². The highest BCUT2D eigenvalue weighted by atomic mass is 32.2. The number of unbranched alkanes of at least 4 members (excludes halogenated alkanes) is 2. The molecule has 0 aliphatic rings. The van der Waals surface area contributed by atoms with Gasteiger partial charge in [-0.15, -0.1) is 12.3 Å². The summed E-state index contributed by atoms with van der Waals surface area (Å²) in [5.74, 6) is 3.25. The molecule has 1 heterocycles. The van der Waals surface area contributed by atoms with Crippen LogP contribution in [0.3, 0.4) is 0 Å². The summed E-state index contributed by atoms with van der Waals surface area (Å²) in [7, 11) is -3.50. The Morgan fingerprint density at radius 3 is 2.84 bits per heavy atom. The number of nitrogens with zero attached hydrogens (tertiary/aromatic N) is 2. The van der Waals surface area contributed by atoms with Crippen LogP contribution in [-0.4, -0.2) is 24.5 Å². The maximum atomic E-state index is 12.0. The molecule has 106 valence electrons. The minimum atomic E-state index is -3.50. The van der Waals surface area contributed by atoms with Crippen LogP contribution in [0.15, 0.2) is 11.2 Å². The van der Waals surface area contributed by atoms with E-state index in [2.05, 4.69) is 15.6 Å². The molecular formula is C13H21N3O2S. The first-order valence-corrected chi connectivity index (χ1v) is 7.96. The lowest BCUT2D eigenvalue weighted by molar-refractivity contribution is 0.573. The van der Waals surface area contributed by atoms with Gasteiger partial charge in [0.2, 0.25) is 0 Å². The van der Waals surface area contributed by atoms with Crippen LogP contribution in [-0.2, 0) is 16.6 Å². The topological polar surface area (TPSA) is 64.0 Å². The minimum absolute atomic E-state index is 0.0930. The maximum Gasteiger partial charge on any atom is 0.259 e. The van der Waals surface area contributed by atoms with Crippen LogP contribution < -0.4 is 4.72 Å². The third-order valence-corrected chi connectivity index (χ3v) is 4.07. The summed E-state index contributed by atoms with van der Waals surface area (Å²) in [4.78, 5) is 4.10. The minimum Gasteiger partial charge on any atom is -0.334 e. The van der Waals surface area contributed by atoms with Crippen LogP contribution in [0.25, 0.3) is 0 Å². The lowest BCUT2D eigenvalue weighted by Gasteiger charge is -2.03. The van der Waals surface area contributed by atoms with E-state index in [1.54, 1.807) is 6.20 Å². The number of aryl methyl sites for hydroxylation is 2. The molecule has 0 fully saturated rings. The highest BCUT2D eigenvalue weighted by Crippen LogP contribution is 2.09. The van der Waals surface area contributed by atoms with Crippen LogP contribution in [0.1, 0.15) is 38.4 Å². The summed E-state index contributed by atoms with van der Waals surface area (Å²) in [6, 6.07) is 0. The highest BCUT2D eigenvalue weighted by molar-refractivity contribution is 7.89. The molecule has 0 amide bonds. The second kappa shape index (κ2) is 7.31. The molecule has 1 N–H and O–H groups in total. The molecule has 0 saturated carbocycles. The fourth-order valence-corrected chi connectivity index (χ4v) is 2.79. The van der Waals surface area contributed by atoms with Crippen molar-refractivity contribution >= 4 is 10.0 Å². The van der Waals surface area contributed by atoms with Crippen molar-refractivity contribution in [2.24, 2.45) is 0 Å². The summed E-state index contributed by atoms with van der Waals surface area (Å²) in [5.41, 5.74) is 0. The monoisotopic (exact) mass is 283 g/mol. The lowest BCUT2D eigenvalue weighted by Crippen LogP contribution is -2.25. The molecule has 0 unspecified atom stereocenters. The molecular weight excluding hydrogens is 262 g/mol. The fourth-order valence-electron chi connectivity index (χ4n) is 1.71. The predicted molar refractivity (Wildman–Crippen MR) is 75.1 cm³/mol. The highest BCUT2D eigenvalue weighted by Gasteiger charge is 2.18. The molecule has 0 radical (unpaired) electrons. The van der Waals surface area contributed by atoms with Gasteiger partial charge in [0.05, 0.1) is 0 Å². The van der Waals surface area contributed by atoms with E-state index < -0.39 is 10.0 Å². The Balaban J connectivity index is 2.62. The number of rotatable bonds is 8. The average Bonchev–Trinajstić information content (AvgIpc) is 2.72. The van der Waals surface area contributed by atoms with E-state index >= 15 is 0 Å². The van der Waals surface area contributed by atoms with Crippen LogP contribution in [0, 0.1) is 19.3 Å². The van der Waals surface area contributed by atoms with Gasteiger partial charge in [-0.05, 0) is 26.2 Å². The Morgan fingerprint density at radius 1 is 1.47 bits per heavy atom. The number of terminal acetylenes is 1. The number of sulfonamides is 1. The van der Waals surface area contributed by atoms with Crippen molar-refractivity contribution in [1.29, 1.82) is 0 Å². The Hall–Kier alpha value is -1.32. The number of hydrogen-bond donors (Lipinski definition) is 1. The molecule has 0 aliphatic heterocycles. The zero-order chi connectivity index (χ0) is 14.3. The number of aromatic nitrogens is 2. The van der Waals surface area contributed by atoms with E-state index in [9.17, 15) is 8.42 Å². The maximum absolute atomic E-state index is 12.0. The van der Waals surface area contributed by atoms with Crippen molar-refractivity contribution in [1.82, 2.24) is 14.3 Å². The SMILES string of the molecule is C#CCCCCNS(=O)(=O)c1cn(CCC)c(C)n1. The van der Waals surface area contributed by atoms with Gasteiger partial charge in [-0.1, -0.05) is 6.92 Å². The number of nitrogens with one attached hydrogen (secondary N) is 1. The van der Waals surface area contributed by atoms with Gasteiger partial charge in [-0.2, -0.15) is 0 Å². The average molecular weight is 283 g/mol. The van der Waals surface area contributed by atoms with E-state index in [1.807, 2.05) is 18.4 Å². The normalized spacial score (nSPS) is 11.4. The van der Waals surface area contributed by atoms with E-state index in [1.165, 1.54) is 0 Å². The molecule has 6 heteroatoms. The van der Waals surface area contributed by atoms with Crippen molar-refractivity contribution in [3.05, 3.63) is 12.0 Å². The first-order chi connectivity index (χ1) is 9.01. The Labute approximate surface area is 115 Å². The second-order valence-corrected chi connectivity index (χ2v) is 6.09. The van der Waals surface area contributed by atoms with Crippen molar-refractivity contribution in [3.8, 4) is 12.3 Å². The van der Waals surface area contributed by atoms with Gasteiger partial charge < -0.3 is 4.57 Å². The standard InChI is InChI=1S/C13H21N3O2S/c1-4-6-7-8-9-14-19(17,18)13-11-16(10-5-2)12(3)15-13/h1,11,14H,5-10H2,2-3H3. The largest absolute Gasteiger partial charge is 0.334 e. The summed E-state index contributed by atoms with van der Waals surface area (Å²) < 4.78 is 28.4. The van der Waals surface area contributed by atoms with Crippen LogP contribution in [0.2, 0.25) is 0 Å². The van der Waals surface area contributed by atoms with Crippen LogP contribution in [0.4, 0.5) is 0 Å². The van der Waals surface area contributed by atoms with Gasteiger partial charge in [-0.3, -0.25) is 0 Å². The zero-order valence-corrected chi connectivity index (χ0v) is 12.3. The molecule has 1 aromatic rings. The Morgan fingerprint density at radius 2 is 2.21 bits per heavy atom. The molecule has 0 aromatic carbocycles. The van der Waals surface area contributed by atoms with Crippen molar-refractivity contribution in [2.45, 2.75) is 51.1 Å². The third-order valence-electron chi connectivity index (χ3n) is 2.73. The van der Waals surface area contributed by atoms with E-state index in [0.29, 0.717) is 13.0 Å². The lowest BCUT2D eigenvalue weighted by atomic mass is 10.2. The van der Waals surface area contributed by atoms with Crippen molar-refractivity contribution in [3.63, 3.8) is 0 Å². The molecule has 1 aromatic heterocycles. The molecule has 0 spiro atoms. The molecule has 0 aliphatic carbocycles. The summed E-state index contributed by atoms with van der Waals surface area (Å²) >= 11 is 0. The molecule has 19 heavy (non-hydrogen) atoms. The van der Waals surface area contributed by atoms with Crippen molar-refractivity contribution < 1.29 is 8.42 Å². The van der Waals surface area contributed by atoms with Crippen molar-refractivity contribution in [2.75, 3.05) is 6.54 Å². The molecule has 1 rings (SSSR count). The Bertz CT molecular complexity index is 541. The quantitative estimate of drug-likeness (QED) is 0.583. The van der Waals surface area contributed by atoms with Gasteiger partial charge in [0.25, 0.3) is 10.0 Å². The van der Waals surface area contributed by atoms with E-state index in [-0.39, 0.29) is 5.03 Å². The predicted octanol–water partition coefficient (Wildman–Crippen LogP) is 1.68. The van der Waals surface area contributed by atoms with Crippen LogP contribution >= 0.6 is 0 Å². The van der Waals surface area contributed by atoms with Gasteiger partial charge >= 0.3 is 0 Å². The van der Waals surface area contributed by atoms with E-state index in [4.69, 9.17) is 6.42 Å². The third kappa shape index (κ3) is 4.69. The summed E-state index contributed by atoms with van der Waals surface area (Å²) in [6.07, 6.45) is 9.89. The number of imidazole rings is 1. The first kappa shape index (κ1) is 15.7. The van der Waals surface area contributed by atoms with Gasteiger partial charge in [0.1, 0.15) is 5.82 Å². The summed E-state index contributed by atoms with van der Waals surface area (Å²) in [5, 5.41) is 0.0930. The summed E-state index contributed by atoms with van der Waals surface area (Å²) in [6.45, 7) is 5.01. The smallest absolute Gasteiger partial charge is 0.259 e. The van der Waals surface area contributed by atoms with Gasteiger partial charge in [0.15, 0.2) is 5.03 Å². The zero-order valence-electron chi connectivity index (χ0n) is 11.5. The second-order valence-electron chi connectivity index (χ2n) is 4.38. The molecule has 0 bridgehead atoms. The van der Waals surface area contributed by atoms with Gasteiger partial charge in [0, 0.05) is 25.7 Å². The molecule has 5 nitrogen and oxygen atoms in total. The molecule has 0 saturated heterocycles. The fraction of sp³-hybridized carbons (Fsp3) is 0.615. The number of hydrogen-bond acceptors (Lipinski definition) is 3. The Kier molecular flexibility index (Phi) is 6.06.